The van der Waals surface area contributed by atoms with Crippen molar-refractivity contribution in [3.8, 4) is 0 Å². The molecule has 3 nitrogen and oxygen atoms in total. The van der Waals surface area contributed by atoms with Crippen molar-refractivity contribution in [2.45, 2.75) is 12.8 Å². The molecule has 0 fully saturated rings. The smallest absolute Gasteiger partial charge is 0.130 e. The van der Waals surface area contributed by atoms with Crippen molar-refractivity contribution in [1.29, 1.82) is 0 Å². The topological polar surface area (TPSA) is 44.5 Å². The molecule has 0 aromatic carbocycles. The van der Waals surface area contributed by atoms with Crippen LogP contribution in [-0.4, -0.2) is 19.8 Å². The van der Waals surface area contributed by atoms with Crippen LogP contribution in [0.2, 0.25) is 0 Å². The predicted molar refractivity (Wildman–Crippen MR) is 38.3 cm³/mol. The van der Waals surface area contributed by atoms with Crippen LogP contribution >= 0.6 is 0 Å². The Balaban J connectivity index is 2.18. The first kappa shape index (κ1) is 7.41. The van der Waals surface area contributed by atoms with Gasteiger partial charge < -0.3 is 15.2 Å². The fourth-order valence-electron chi connectivity index (χ4n) is 0.837. The molecule has 58 valence electrons. The number of hydrogen-bond donors (Lipinski definition) is 1. The van der Waals surface area contributed by atoms with Crippen LogP contribution in [0.4, 0.5) is 0 Å². The summed E-state index contributed by atoms with van der Waals surface area (Å²) < 4.78 is 10.3. The molecule has 0 saturated heterocycles. The molecule has 0 atom stereocenters. The molecule has 0 saturated carbocycles. The van der Waals surface area contributed by atoms with E-state index in [0.29, 0.717) is 13.2 Å². The average molecular weight is 143 g/mol. The van der Waals surface area contributed by atoms with Crippen LogP contribution in [0.3, 0.4) is 0 Å². The van der Waals surface area contributed by atoms with Crippen LogP contribution in [-0.2, 0) is 9.47 Å². The maximum atomic E-state index is 5.25. The van der Waals surface area contributed by atoms with Gasteiger partial charge in [0.15, 0.2) is 0 Å². The lowest BCUT2D eigenvalue weighted by molar-refractivity contribution is 0.143. The summed E-state index contributed by atoms with van der Waals surface area (Å²) in [7, 11) is 0. The van der Waals surface area contributed by atoms with Crippen LogP contribution < -0.4 is 5.73 Å². The van der Waals surface area contributed by atoms with E-state index in [0.717, 1.165) is 25.2 Å². The molecule has 0 bridgehead atoms. The lowest BCUT2D eigenvalue weighted by atomic mass is 10.2. The fraction of sp³-hybridized carbons (Fsp3) is 0.714. The Labute approximate surface area is 60.8 Å². The van der Waals surface area contributed by atoms with Gasteiger partial charge in [0.05, 0.1) is 6.61 Å². The Morgan fingerprint density at radius 1 is 1.70 bits per heavy atom. The zero-order valence-electron chi connectivity index (χ0n) is 6.01. The molecule has 1 aliphatic heterocycles. The first-order chi connectivity index (χ1) is 4.93. The molecule has 0 aromatic heterocycles. The summed E-state index contributed by atoms with van der Waals surface area (Å²) in [5.74, 6) is 0.928. The van der Waals surface area contributed by atoms with E-state index in [-0.39, 0.29) is 0 Å². The number of nitrogens with two attached hydrogens (primary N) is 1. The van der Waals surface area contributed by atoms with Crippen molar-refractivity contribution in [1.82, 2.24) is 0 Å². The van der Waals surface area contributed by atoms with Gasteiger partial charge in [0.25, 0.3) is 0 Å². The first-order valence-electron chi connectivity index (χ1n) is 3.57. The van der Waals surface area contributed by atoms with E-state index in [4.69, 9.17) is 15.2 Å². The highest BCUT2D eigenvalue weighted by Gasteiger charge is 2.03. The molecule has 3 heteroatoms. The van der Waals surface area contributed by atoms with Crippen molar-refractivity contribution in [3.63, 3.8) is 0 Å². The maximum Gasteiger partial charge on any atom is 0.130 e. The minimum atomic E-state index is 0.567. The van der Waals surface area contributed by atoms with Gasteiger partial charge in [0, 0.05) is 13.0 Å². The van der Waals surface area contributed by atoms with Crippen LogP contribution in [0.15, 0.2) is 12.0 Å². The minimum Gasteiger partial charge on any atom is -0.498 e. The van der Waals surface area contributed by atoms with Gasteiger partial charge >= 0.3 is 0 Å². The van der Waals surface area contributed by atoms with Gasteiger partial charge in [-0.05, 0) is 6.42 Å². The van der Waals surface area contributed by atoms with E-state index in [1.165, 1.54) is 0 Å². The Morgan fingerprint density at radius 3 is 3.20 bits per heavy atom. The second-order valence-electron chi connectivity index (χ2n) is 2.20. The summed E-state index contributed by atoms with van der Waals surface area (Å²) in [5.41, 5.74) is 5.25. The van der Waals surface area contributed by atoms with Crippen molar-refractivity contribution in [2.24, 2.45) is 5.73 Å². The molecule has 0 aliphatic carbocycles. The molecule has 0 spiro atoms. The molecule has 1 aliphatic rings. The highest BCUT2D eigenvalue weighted by atomic mass is 16.5. The van der Waals surface area contributed by atoms with Crippen molar-refractivity contribution < 1.29 is 9.47 Å². The molecule has 0 radical (unpaired) electrons. The first-order valence-corrected chi connectivity index (χ1v) is 3.57. The van der Waals surface area contributed by atoms with E-state index < -0.39 is 0 Å². The molecular weight excluding hydrogens is 130 g/mol. The van der Waals surface area contributed by atoms with Crippen molar-refractivity contribution >= 4 is 0 Å². The third-order valence-electron chi connectivity index (χ3n) is 1.31. The largest absolute Gasteiger partial charge is 0.498 e. The number of allylic oxidation sites excluding steroid dienone is 1. The third kappa shape index (κ3) is 2.27. The van der Waals surface area contributed by atoms with Crippen LogP contribution in [0.25, 0.3) is 0 Å². The van der Waals surface area contributed by atoms with E-state index in [1.54, 1.807) is 6.26 Å². The Bertz CT molecular complexity index is 123. The molecule has 1 heterocycles. The Hall–Kier alpha value is -0.700. The van der Waals surface area contributed by atoms with Gasteiger partial charge in [-0.15, -0.1) is 0 Å². The quantitative estimate of drug-likeness (QED) is 0.629. The Morgan fingerprint density at radius 2 is 2.60 bits per heavy atom. The second kappa shape index (κ2) is 4.17. The van der Waals surface area contributed by atoms with Crippen LogP contribution in [0.1, 0.15) is 12.8 Å². The van der Waals surface area contributed by atoms with Gasteiger partial charge in [-0.25, -0.2) is 0 Å². The van der Waals surface area contributed by atoms with Crippen molar-refractivity contribution in [2.75, 3.05) is 19.8 Å². The van der Waals surface area contributed by atoms with Gasteiger partial charge in [0.2, 0.25) is 0 Å². The molecule has 10 heavy (non-hydrogen) atoms. The van der Waals surface area contributed by atoms with Crippen LogP contribution in [0.5, 0.6) is 0 Å². The summed E-state index contributed by atoms with van der Waals surface area (Å²) in [4.78, 5) is 0. The average Bonchev–Trinajstić information content (AvgIpc) is 2.03. The van der Waals surface area contributed by atoms with Crippen molar-refractivity contribution in [3.05, 3.63) is 12.0 Å². The molecular formula is C7H13NO2. The van der Waals surface area contributed by atoms with Crippen LogP contribution in [0, 0.1) is 0 Å². The molecule has 2 N–H and O–H groups in total. The standard InChI is InChI=1S/C7H13NO2/c8-3-5-10-7-2-1-4-9-6-7/h6H,1-5,8H2. The van der Waals surface area contributed by atoms with Gasteiger partial charge in [-0.3, -0.25) is 0 Å². The summed E-state index contributed by atoms with van der Waals surface area (Å²) in [6.07, 6.45) is 3.72. The molecule has 0 aromatic rings. The number of rotatable bonds is 3. The third-order valence-corrected chi connectivity index (χ3v) is 1.31. The SMILES string of the molecule is NCCOC1=COCCC1. The zero-order chi connectivity index (χ0) is 7.23. The molecule has 0 amide bonds. The predicted octanol–water partition coefficient (Wildman–Crippen LogP) is 0.613. The lowest BCUT2D eigenvalue weighted by Gasteiger charge is -2.13. The summed E-state index contributed by atoms with van der Waals surface area (Å²) in [6, 6.07) is 0. The normalized spacial score (nSPS) is 17.5. The monoisotopic (exact) mass is 143 g/mol. The highest BCUT2D eigenvalue weighted by Crippen LogP contribution is 2.11. The minimum absolute atomic E-state index is 0.567. The molecule has 0 unspecified atom stereocenters. The van der Waals surface area contributed by atoms with Gasteiger partial charge in [-0.2, -0.15) is 0 Å². The number of hydrogen-bond acceptors (Lipinski definition) is 3. The van der Waals surface area contributed by atoms with E-state index in [1.807, 2.05) is 0 Å². The van der Waals surface area contributed by atoms with Gasteiger partial charge in [-0.1, -0.05) is 0 Å². The highest BCUT2D eigenvalue weighted by molar-refractivity contribution is 4.90. The van der Waals surface area contributed by atoms with Gasteiger partial charge in [0.1, 0.15) is 18.6 Å². The summed E-state index contributed by atoms with van der Waals surface area (Å²) in [5, 5.41) is 0. The second-order valence-corrected chi connectivity index (χ2v) is 2.20. The summed E-state index contributed by atoms with van der Waals surface area (Å²) in [6.45, 7) is 1.97. The zero-order valence-corrected chi connectivity index (χ0v) is 6.01. The van der Waals surface area contributed by atoms with E-state index in [2.05, 4.69) is 0 Å². The fourth-order valence-corrected chi connectivity index (χ4v) is 0.837. The maximum absolute atomic E-state index is 5.25. The lowest BCUT2D eigenvalue weighted by Crippen LogP contribution is -2.10. The molecule has 1 rings (SSSR count). The summed E-state index contributed by atoms with van der Waals surface area (Å²) >= 11 is 0. The Kier molecular flexibility index (Phi) is 3.09. The van der Waals surface area contributed by atoms with E-state index >= 15 is 0 Å². The number of ether oxygens (including phenoxy) is 2. The van der Waals surface area contributed by atoms with E-state index in [9.17, 15) is 0 Å².